The Hall–Kier alpha value is -2.95. The Bertz CT molecular complexity index is 1080. The summed E-state index contributed by atoms with van der Waals surface area (Å²) in [6.07, 6.45) is 11.2. The Morgan fingerprint density at radius 2 is 1.84 bits per heavy atom. The number of nitrogens with two attached hydrogens (primary N) is 2. The highest BCUT2D eigenvalue weighted by Crippen LogP contribution is 2.41. The molecule has 1 amide bonds. The summed E-state index contributed by atoms with van der Waals surface area (Å²) in [5, 5.41) is 6.60. The standard InChI is InChI=1S/C15H16N4O2.C12H25N3O/c20-15-17-8-13-14(19-15)18-11-7-10(1-2-12(11)21-13)9-3-5-16-6-4-9;13-8-4-10-15(12(16)7-9-14)11-5-2-1-3-6-11/h1-2,7-9,16H,3-6H2,(H2,17,18,19,20);11H,1-10,13-14H2. The second-order valence-electron chi connectivity index (χ2n) is 9.99. The Morgan fingerprint density at radius 1 is 1.05 bits per heavy atom. The molecule has 1 aromatic carbocycles. The van der Waals surface area contributed by atoms with Gasteiger partial charge in [0, 0.05) is 25.6 Å². The lowest BCUT2D eigenvalue weighted by Gasteiger charge is -2.34. The fraction of sp³-hybridized carbons (Fsp3) is 0.593. The molecule has 2 fully saturated rings. The lowest BCUT2D eigenvalue weighted by atomic mass is 9.90. The maximum Gasteiger partial charge on any atom is 0.346 e. The maximum atomic E-state index is 12.0. The van der Waals surface area contributed by atoms with Crippen molar-refractivity contribution in [3.05, 3.63) is 40.4 Å². The number of ether oxygens (including phenoxy) is 1. The van der Waals surface area contributed by atoms with Gasteiger partial charge in [-0.3, -0.25) is 9.78 Å². The number of hydrogen-bond donors (Lipinski definition) is 5. The van der Waals surface area contributed by atoms with Gasteiger partial charge >= 0.3 is 5.69 Å². The van der Waals surface area contributed by atoms with E-state index in [1.54, 1.807) is 0 Å². The molecule has 10 heteroatoms. The number of rotatable bonds is 7. The minimum Gasteiger partial charge on any atom is -0.450 e. The molecule has 7 N–H and O–H groups in total. The van der Waals surface area contributed by atoms with Crippen molar-refractivity contribution in [3.63, 3.8) is 0 Å². The van der Waals surface area contributed by atoms with Crippen molar-refractivity contribution in [2.45, 2.75) is 69.7 Å². The van der Waals surface area contributed by atoms with Crippen LogP contribution in [0.3, 0.4) is 0 Å². The number of carbonyl (C=O) groups excluding carboxylic acids is 1. The van der Waals surface area contributed by atoms with E-state index in [-0.39, 0.29) is 11.6 Å². The zero-order valence-corrected chi connectivity index (χ0v) is 21.6. The zero-order valence-electron chi connectivity index (χ0n) is 21.6. The molecule has 0 bridgehead atoms. The van der Waals surface area contributed by atoms with Crippen LogP contribution in [0.15, 0.2) is 29.2 Å². The lowest BCUT2D eigenvalue weighted by molar-refractivity contribution is -0.134. The Kier molecular flexibility index (Phi) is 9.92. The van der Waals surface area contributed by atoms with Crippen molar-refractivity contribution in [3.8, 4) is 11.5 Å². The van der Waals surface area contributed by atoms with E-state index in [9.17, 15) is 9.59 Å². The van der Waals surface area contributed by atoms with Crippen LogP contribution in [0, 0.1) is 0 Å². The second kappa shape index (κ2) is 13.6. The minimum absolute atomic E-state index is 0.211. The maximum absolute atomic E-state index is 12.0. The van der Waals surface area contributed by atoms with Crippen LogP contribution in [-0.2, 0) is 4.79 Å². The zero-order chi connectivity index (χ0) is 26.0. The molecule has 3 aliphatic rings. The Morgan fingerprint density at radius 3 is 2.57 bits per heavy atom. The number of nitrogens with zero attached hydrogens (tertiary/aromatic N) is 2. The molecular weight excluding hydrogens is 470 g/mol. The number of carbonyl (C=O) groups is 1. The number of hydrogen-bond acceptors (Lipinski definition) is 8. The largest absolute Gasteiger partial charge is 0.450 e. The monoisotopic (exact) mass is 511 g/mol. The van der Waals surface area contributed by atoms with Crippen LogP contribution in [-0.4, -0.2) is 59.5 Å². The topological polar surface area (TPSA) is 151 Å². The quantitative estimate of drug-likeness (QED) is 0.325. The van der Waals surface area contributed by atoms with Crippen LogP contribution in [0.25, 0.3) is 0 Å². The van der Waals surface area contributed by atoms with Gasteiger partial charge in [0.15, 0.2) is 17.3 Å². The van der Waals surface area contributed by atoms with E-state index in [0.717, 1.165) is 63.2 Å². The van der Waals surface area contributed by atoms with Crippen LogP contribution >= 0.6 is 0 Å². The van der Waals surface area contributed by atoms with Crippen molar-refractivity contribution in [1.29, 1.82) is 0 Å². The van der Waals surface area contributed by atoms with Crippen LogP contribution in [0.4, 0.5) is 11.5 Å². The van der Waals surface area contributed by atoms with Gasteiger partial charge in [-0.2, -0.15) is 4.98 Å². The third kappa shape index (κ3) is 7.30. The summed E-state index contributed by atoms with van der Waals surface area (Å²) in [7, 11) is 0. The number of benzene rings is 1. The van der Waals surface area contributed by atoms with E-state index >= 15 is 0 Å². The third-order valence-corrected chi connectivity index (χ3v) is 7.37. The van der Waals surface area contributed by atoms with E-state index in [4.69, 9.17) is 16.2 Å². The van der Waals surface area contributed by atoms with Crippen molar-refractivity contribution in [2.75, 3.05) is 38.0 Å². The summed E-state index contributed by atoms with van der Waals surface area (Å²) in [5.74, 6) is 2.65. The number of amides is 1. The third-order valence-electron chi connectivity index (χ3n) is 7.37. The van der Waals surface area contributed by atoms with Crippen LogP contribution in [0.5, 0.6) is 11.5 Å². The molecule has 2 aromatic rings. The molecule has 1 saturated heterocycles. The first-order chi connectivity index (χ1) is 18.1. The number of aromatic nitrogens is 2. The SMILES string of the molecule is NCCCN(C(=O)CCN)C1CCCCC1.O=c1ncc2c([nH]1)Nc1cc(C3CCNCC3)ccc1O2. The molecule has 1 aromatic heterocycles. The van der Waals surface area contributed by atoms with Crippen molar-refractivity contribution < 1.29 is 9.53 Å². The molecule has 0 atom stereocenters. The van der Waals surface area contributed by atoms with Crippen LogP contribution in [0.1, 0.15) is 69.3 Å². The van der Waals surface area contributed by atoms with Crippen molar-refractivity contribution in [2.24, 2.45) is 11.5 Å². The summed E-state index contributed by atoms with van der Waals surface area (Å²) < 4.78 is 5.77. The molecule has 5 rings (SSSR count). The first kappa shape index (κ1) is 27.1. The summed E-state index contributed by atoms with van der Waals surface area (Å²) in [6, 6.07) is 6.67. The van der Waals surface area contributed by atoms with Crippen LogP contribution < -0.4 is 32.5 Å². The van der Waals surface area contributed by atoms with E-state index in [1.807, 2.05) is 11.0 Å². The van der Waals surface area contributed by atoms with Gasteiger partial charge in [-0.05, 0) is 75.4 Å². The molecular formula is C27H41N7O3. The molecule has 2 aliphatic heterocycles. The molecule has 0 unspecified atom stereocenters. The molecule has 0 spiro atoms. The van der Waals surface area contributed by atoms with E-state index < -0.39 is 0 Å². The Labute approximate surface area is 218 Å². The average Bonchev–Trinajstić information content (AvgIpc) is 2.93. The number of anilines is 2. The minimum atomic E-state index is -0.386. The normalized spacial score (nSPS) is 17.4. The summed E-state index contributed by atoms with van der Waals surface area (Å²) in [5.41, 5.74) is 12.8. The van der Waals surface area contributed by atoms with E-state index in [1.165, 1.54) is 31.0 Å². The lowest BCUT2D eigenvalue weighted by Crippen LogP contribution is -2.43. The fourth-order valence-corrected chi connectivity index (χ4v) is 5.38. The number of fused-ring (bicyclic) bond motifs is 2. The number of H-pyrrole nitrogens is 1. The molecule has 202 valence electrons. The summed E-state index contributed by atoms with van der Waals surface area (Å²) in [4.78, 5) is 31.6. The van der Waals surface area contributed by atoms with Crippen molar-refractivity contribution >= 4 is 17.4 Å². The van der Waals surface area contributed by atoms with E-state index in [2.05, 4.69) is 32.7 Å². The molecule has 0 radical (unpaired) electrons. The van der Waals surface area contributed by atoms with Gasteiger partial charge in [-0.25, -0.2) is 4.79 Å². The Balaban J connectivity index is 0.000000181. The van der Waals surface area contributed by atoms with Crippen molar-refractivity contribution in [1.82, 2.24) is 20.2 Å². The highest BCUT2D eigenvalue weighted by Gasteiger charge is 2.24. The average molecular weight is 512 g/mol. The first-order valence-electron chi connectivity index (χ1n) is 13.7. The van der Waals surface area contributed by atoms with Gasteiger partial charge in [0.05, 0.1) is 11.9 Å². The predicted octanol–water partition coefficient (Wildman–Crippen LogP) is 2.93. The number of aromatic amines is 1. The van der Waals surface area contributed by atoms with Gasteiger partial charge in [0.1, 0.15) is 0 Å². The second-order valence-corrected chi connectivity index (χ2v) is 9.99. The highest BCUT2D eigenvalue weighted by molar-refractivity contribution is 5.76. The van der Waals surface area contributed by atoms with Gasteiger partial charge in [-0.1, -0.05) is 25.3 Å². The number of nitrogens with one attached hydrogen (secondary N) is 3. The smallest absolute Gasteiger partial charge is 0.346 e. The van der Waals surface area contributed by atoms with Gasteiger partial charge in [0.2, 0.25) is 5.91 Å². The molecule has 1 saturated carbocycles. The molecule has 3 heterocycles. The predicted molar refractivity (Wildman–Crippen MR) is 145 cm³/mol. The van der Waals surface area contributed by atoms with E-state index in [0.29, 0.717) is 43.0 Å². The number of piperidine rings is 1. The fourth-order valence-electron chi connectivity index (χ4n) is 5.38. The summed E-state index contributed by atoms with van der Waals surface area (Å²) in [6.45, 7) is 4.03. The highest BCUT2D eigenvalue weighted by atomic mass is 16.5. The van der Waals surface area contributed by atoms with Gasteiger partial charge in [-0.15, -0.1) is 0 Å². The summed E-state index contributed by atoms with van der Waals surface area (Å²) >= 11 is 0. The molecule has 37 heavy (non-hydrogen) atoms. The molecule has 10 nitrogen and oxygen atoms in total. The van der Waals surface area contributed by atoms with Gasteiger partial charge in [0.25, 0.3) is 0 Å². The van der Waals surface area contributed by atoms with Crippen LogP contribution in [0.2, 0.25) is 0 Å². The molecule has 1 aliphatic carbocycles. The van der Waals surface area contributed by atoms with Gasteiger partial charge < -0.3 is 31.7 Å². The first-order valence-corrected chi connectivity index (χ1v) is 13.7.